The minimum Gasteiger partial charge on any atom is -0.390 e. The molecule has 0 atom stereocenters. The van der Waals surface area contributed by atoms with E-state index in [2.05, 4.69) is 10.2 Å². The van der Waals surface area contributed by atoms with Crippen molar-refractivity contribution in [3.05, 3.63) is 20.8 Å². The van der Waals surface area contributed by atoms with Crippen LogP contribution in [0.15, 0.2) is 9.59 Å². The Labute approximate surface area is 147 Å². The third-order valence-electron chi connectivity index (χ3n) is 6.08. The van der Waals surface area contributed by atoms with Crippen LogP contribution >= 0.6 is 0 Å². The lowest BCUT2D eigenvalue weighted by atomic mass is 9.80. The van der Waals surface area contributed by atoms with E-state index in [-0.39, 0.29) is 17.2 Å². The number of rotatable bonds is 4. The van der Waals surface area contributed by atoms with E-state index in [9.17, 15) is 14.7 Å². The van der Waals surface area contributed by atoms with E-state index in [1.165, 1.54) is 17.4 Å². The van der Waals surface area contributed by atoms with E-state index >= 15 is 0 Å². The molecule has 1 aliphatic heterocycles. The van der Waals surface area contributed by atoms with Crippen LogP contribution in [-0.2, 0) is 13.6 Å². The van der Waals surface area contributed by atoms with Gasteiger partial charge in [-0.1, -0.05) is 0 Å². The van der Waals surface area contributed by atoms with E-state index < -0.39 is 5.60 Å². The second-order valence-corrected chi connectivity index (χ2v) is 8.40. The fourth-order valence-electron chi connectivity index (χ4n) is 4.16. The molecule has 4 rings (SSSR count). The van der Waals surface area contributed by atoms with Gasteiger partial charge in [-0.05, 0) is 57.3 Å². The molecule has 0 unspecified atom stereocenters. The Morgan fingerprint density at radius 2 is 1.76 bits per heavy atom. The van der Waals surface area contributed by atoms with Crippen LogP contribution in [0.4, 0.5) is 11.5 Å². The third kappa shape index (κ3) is 3.10. The molecule has 7 heteroatoms. The van der Waals surface area contributed by atoms with Gasteiger partial charge in [-0.2, -0.15) is 0 Å². The molecule has 0 aromatic carbocycles. The van der Waals surface area contributed by atoms with Crippen LogP contribution in [0.5, 0.6) is 0 Å². The molecule has 2 saturated carbocycles. The Morgan fingerprint density at radius 3 is 2.40 bits per heavy atom. The first-order valence-electron chi connectivity index (χ1n) is 9.41. The summed E-state index contributed by atoms with van der Waals surface area (Å²) in [5.74, 6) is 1.60. The van der Waals surface area contributed by atoms with E-state index in [4.69, 9.17) is 0 Å². The van der Waals surface area contributed by atoms with Crippen molar-refractivity contribution in [3.63, 3.8) is 0 Å². The highest BCUT2D eigenvalue weighted by Crippen LogP contribution is 2.35. The fourth-order valence-corrected chi connectivity index (χ4v) is 4.16. The van der Waals surface area contributed by atoms with Crippen LogP contribution in [0.1, 0.15) is 45.4 Å². The summed E-state index contributed by atoms with van der Waals surface area (Å²) in [5.41, 5.74) is -0.366. The first-order chi connectivity index (χ1) is 11.9. The van der Waals surface area contributed by atoms with Gasteiger partial charge >= 0.3 is 5.69 Å². The standard InChI is InChI=1S/C18H28N4O3/c1-18(25)7-5-13(6-8-18)10-22-16(23)14-15(20(2)17(22)24)19-11-21(14)9-12-3-4-12/h12-13,19,25H,3-11H2,1-2H3. The molecule has 0 bridgehead atoms. The van der Waals surface area contributed by atoms with Gasteiger partial charge in [0.05, 0.1) is 12.3 Å². The van der Waals surface area contributed by atoms with Crippen LogP contribution in [0, 0.1) is 11.8 Å². The summed E-state index contributed by atoms with van der Waals surface area (Å²) in [5, 5.41) is 13.3. The highest BCUT2D eigenvalue weighted by atomic mass is 16.3. The highest BCUT2D eigenvalue weighted by Gasteiger charge is 2.34. The van der Waals surface area contributed by atoms with Crippen molar-refractivity contribution in [2.45, 2.75) is 57.6 Å². The molecule has 3 aliphatic rings. The molecular weight excluding hydrogens is 320 g/mol. The second kappa shape index (κ2) is 5.90. The van der Waals surface area contributed by atoms with Crippen molar-refractivity contribution in [2.75, 3.05) is 23.4 Å². The zero-order valence-electron chi connectivity index (χ0n) is 15.1. The van der Waals surface area contributed by atoms with Gasteiger partial charge in [-0.3, -0.25) is 13.9 Å². The largest absolute Gasteiger partial charge is 0.390 e. The summed E-state index contributed by atoms with van der Waals surface area (Å²) >= 11 is 0. The number of hydrogen-bond acceptors (Lipinski definition) is 5. The Hall–Kier alpha value is -1.76. The zero-order chi connectivity index (χ0) is 17.8. The van der Waals surface area contributed by atoms with Gasteiger partial charge in [0, 0.05) is 20.1 Å². The minimum absolute atomic E-state index is 0.166. The first kappa shape index (κ1) is 16.7. The lowest BCUT2D eigenvalue weighted by Crippen LogP contribution is -2.43. The van der Waals surface area contributed by atoms with Crippen molar-refractivity contribution in [1.29, 1.82) is 0 Å². The summed E-state index contributed by atoms with van der Waals surface area (Å²) in [6.45, 7) is 3.81. The summed E-state index contributed by atoms with van der Waals surface area (Å²) in [7, 11) is 1.73. The third-order valence-corrected chi connectivity index (χ3v) is 6.08. The van der Waals surface area contributed by atoms with Crippen molar-refractivity contribution in [3.8, 4) is 0 Å². The van der Waals surface area contributed by atoms with Gasteiger partial charge in [0.1, 0.15) is 11.5 Å². The average molecular weight is 348 g/mol. The van der Waals surface area contributed by atoms with Gasteiger partial charge in [0.15, 0.2) is 0 Å². The number of nitrogens with zero attached hydrogens (tertiary/aromatic N) is 3. The first-order valence-corrected chi connectivity index (χ1v) is 9.41. The summed E-state index contributed by atoms with van der Waals surface area (Å²) < 4.78 is 2.99. The summed E-state index contributed by atoms with van der Waals surface area (Å²) in [6.07, 6.45) is 5.62. The Morgan fingerprint density at radius 1 is 1.12 bits per heavy atom. The van der Waals surface area contributed by atoms with E-state index in [1.54, 1.807) is 11.6 Å². The molecule has 0 saturated heterocycles. The molecule has 1 aromatic rings. The lowest BCUT2D eigenvalue weighted by Gasteiger charge is -2.33. The van der Waals surface area contributed by atoms with E-state index in [0.29, 0.717) is 30.6 Å². The molecular formula is C18H28N4O3. The summed E-state index contributed by atoms with van der Waals surface area (Å²) in [6, 6.07) is 0. The molecule has 2 N–H and O–H groups in total. The Bertz CT molecular complexity index is 781. The zero-order valence-corrected chi connectivity index (χ0v) is 15.1. The van der Waals surface area contributed by atoms with Crippen LogP contribution in [-0.4, -0.2) is 33.1 Å². The van der Waals surface area contributed by atoms with Crippen molar-refractivity contribution in [2.24, 2.45) is 18.9 Å². The number of aliphatic hydroxyl groups is 1. The molecule has 7 nitrogen and oxygen atoms in total. The van der Waals surface area contributed by atoms with E-state index in [1.807, 2.05) is 6.92 Å². The molecule has 138 valence electrons. The van der Waals surface area contributed by atoms with Crippen molar-refractivity contribution >= 4 is 11.5 Å². The quantitative estimate of drug-likeness (QED) is 0.851. The van der Waals surface area contributed by atoms with Crippen molar-refractivity contribution in [1.82, 2.24) is 9.13 Å². The molecule has 2 heterocycles. The maximum atomic E-state index is 13.1. The number of aromatic nitrogens is 2. The SMILES string of the molecule is Cn1c2c(c(=O)n(CC3CCC(C)(O)CC3)c1=O)N(CC1CC1)CN2. The van der Waals surface area contributed by atoms with Gasteiger partial charge in [0.25, 0.3) is 5.56 Å². The van der Waals surface area contributed by atoms with Crippen molar-refractivity contribution < 1.29 is 5.11 Å². The topological polar surface area (TPSA) is 79.5 Å². The normalized spacial score (nSPS) is 28.8. The van der Waals surface area contributed by atoms with Gasteiger partial charge in [-0.15, -0.1) is 0 Å². The fraction of sp³-hybridized carbons (Fsp3) is 0.778. The highest BCUT2D eigenvalue weighted by molar-refractivity contribution is 5.70. The van der Waals surface area contributed by atoms with Crippen LogP contribution in [0.25, 0.3) is 0 Å². The van der Waals surface area contributed by atoms with E-state index in [0.717, 1.165) is 32.2 Å². The maximum Gasteiger partial charge on any atom is 0.332 e. The predicted octanol–water partition coefficient (Wildman–Crippen LogP) is 1.09. The van der Waals surface area contributed by atoms with Gasteiger partial charge in [0.2, 0.25) is 0 Å². The maximum absolute atomic E-state index is 13.1. The second-order valence-electron chi connectivity index (χ2n) is 8.40. The molecule has 2 fully saturated rings. The van der Waals surface area contributed by atoms with Gasteiger partial charge in [-0.25, -0.2) is 4.79 Å². The smallest absolute Gasteiger partial charge is 0.332 e. The van der Waals surface area contributed by atoms with Crippen LogP contribution in [0.3, 0.4) is 0 Å². The molecule has 0 radical (unpaired) electrons. The van der Waals surface area contributed by atoms with Crippen LogP contribution in [0.2, 0.25) is 0 Å². The molecule has 0 amide bonds. The Kier molecular flexibility index (Phi) is 3.94. The monoisotopic (exact) mass is 348 g/mol. The predicted molar refractivity (Wildman–Crippen MR) is 97.1 cm³/mol. The molecule has 1 aromatic heterocycles. The summed E-state index contributed by atoms with van der Waals surface area (Å²) in [4.78, 5) is 27.9. The molecule has 0 spiro atoms. The molecule has 25 heavy (non-hydrogen) atoms. The van der Waals surface area contributed by atoms with Gasteiger partial charge < -0.3 is 15.3 Å². The van der Waals surface area contributed by atoms with Crippen LogP contribution < -0.4 is 21.5 Å². The number of nitrogens with one attached hydrogen (secondary N) is 1. The number of fused-ring (bicyclic) bond motifs is 1. The lowest BCUT2D eigenvalue weighted by molar-refractivity contribution is 0.00549. The number of hydrogen-bond donors (Lipinski definition) is 2. The minimum atomic E-state index is -0.602. The molecule has 2 aliphatic carbocycles. The average Bonchev–Trinajstić information content (AvgIpc) is 3.28. The Balaban J connectivity index is 1.63. The number of anilines is 2.